The third-order valence-electron chi connectivity index (χ3n) is 4.22. The van der Waals surface area contributed by atoms with Crippen LogP contribution in [0.25, 0.3) is 16.4 Å². The summed E-state index contributed by atoms with van der Waals surface area (Å²) in [6.07, 6.45) is 0. The van der Waals surface area contributed by atoms with E-state index >= 15 is 0 Å². The number of pyridine rings is 1. The van der Waals surface area contributed by atoms with Crippen LogP contribution in [0.15, 0.2) is 42.5 Å². The lowest BCUT2D eigenvalue weighted by molar-refractivity contribution is 0.0585. The van der Waals surface area contributed by atoms with Crippen molar-refractivity contribution in [1.82, 2.24) is 14.6 Å². The number of carbonyl (C=O) groups is 1. The number of aromatic nitrogens is 3. The van der Waals surface area contributed by atoms with Gasteiger partial charge in [0.25, 0.3) is 0 Å². The number of esters is 1. The zero-order valence-electron chi connectivity index (χ0n) is 14.6. The van der Waals surface area contributed by atoms with Crippen LogP contribution in [0, 0.1) is 0 Å². The predicted molar refractivity (Wildman–Crippen MR) is 107 cm³/mol. The van der Waals surface area contributed by atoms with Crippen LogP contribution >= 0.6 is 23.2 Å². The zero-order valence-corrected chi connectivity index (χ0v) is 16.2. The molecule has 28 heavy (non-hydrogen) atoms. The molecule has 0 atom stereocenters. The molecule has 0 spiro atoms. The van der Waals surface area contributed by atoms with Gasteiger partial charge in [0, 0.05) is 5.39 Å². The van der Waals surface area contributed by atoms with Crippen molar-refractivity contribution in [2.45, 2.75) is 6.61 Å². The first kappa shape index (κ1) is 18.3. The lowest BCUT2D eigenvalue weighted by atomic mass is 10.1. The van der Waals surface area contributed by atoms with Gasteiger partial charge in [0.15, 0.2) is 17.1 Å². The molecule has 2 N–H and O–H groups in total. The summed E-state index contributed by atoms with van der Waals surface area (Å²) >= 11 is 12.6. The minimum Gasteiger partial charge on any atom is -0.486 e. The molecule has 0 unspecified atom stereocenters. The van der Waals surface area contributed by atoms with Gasteiger partial charge in [-0.25, -0.2) is 4.79 Å². The number of nitrogens with zero attached hydrogens (tertiary/aromatic N) is 3. The molecule has 2 heterocycles. The van der Waals surface area contributed by atoms with E-state index in [2.05, 4.69) is 10.1 Å². The topological polar surface area (TPSA) is 91.7 Å². The lowest BCUT2D eigenvalue weighted by Gasteiger charge is -2.16. The van der Waals surface area contributed by atoms with E-state index in [1.54, 1.807) is 12.1 Å². The monoisotopic (exact) mass is 416 g/mol. The Morgan fingerprint density at radius 3 is 2.64 bits per heavy atom. The van der Waals surface area contributed by atoms with E-state index in [9.17, 15) is 4.79 Å². The third kappa shape index (κ3) is 2.98. The first-order chi connectivity index (χ1) is 13.5. The quantitative estimate of drug-likeness (QED) is 0.502. The smallest absolute Gasteiger partial charge is 0.360 e. The van der Waals surface area contributed by atoms with E-state index in [-0.39, 0.29) is 34.7 Å². The molecule has 4 aromatic rings. The van der Waals surface area contributed by atoms with Crippen LogP contribution < -0.4 is 10.5 Å². The highest BCUT2D eigenvalue weighted by atomic mass is 35.5. The van der Waals surface area contributed by atoms with Gasteiger partial charge < -0.3 is 15.2 Å². The molecule has 0 amide bonds. The molecular weight excluding hydrogens is 403 g/mol. The summed E-state index contributed by atoms with van der Waals surface area (Å²) in [4.78, 5) is 16.8. The van der Waals surface area contributed by atoms with Gasteiger partial charge in [0.2, 0.25) is 5.95 Å². The average molecular weight is 417 g/mol. The number of rotatable bonds is 4. The summed E-state index contributed by atoms with van der Waals surface area (Å²) in [5.74, 6) is -0.421. The van der Waals surface area contributed by atoms with E-state index in [0.29, 0.717) is 15.8 Å². The minimum absolute atomic E-state index is 0.0253. The Morgan fingerprint density at radius 2 is 1.93 bits per heavy atom. The lowest BCUT2D eigenvalue weighted by Crippen LogP contribution is -2.13. The number of anilines is 1. The van der Waals surface area contributed by atoms with Gasteiger partial charge in [-0.3, -0.25) is 0 Å². The number of ether oxygens (including phenoxy) is 2. The molecule has 0 fully saturated rings. The fourth-order valence-corrected chi connectivity index (χ4v) is 3.39. The van der Waals surface area contributed by atoms with Crippen LogP contribution in [0.4, 0.5) is 5.95 Å². The highest BCUT2D eigenvalue weighted by molar-refractivity contribution is 6.46. The number of methoxy groups -OCH3 is 1. The van der Waals surface area contributed by atoms with Crippen molar-refractivity contribution in [3.05, 3.63) is 63.8 Å². The number of hydrogen-bond acceptors (Lipinski definition) is 6. The van der Waals surface area contributed by atoms with Gasteiger partial charge >= 0.3 is 5.97 Å². The summed E-state index contributed by atoms with van der Waals surface area (Å²) in [5.41, 5.74) is 7.05. The third-order valence-corrected chi connectivity index (χ3v) is 5.02. The zero-order chi connectivity index (χ0) is 19.8. The first-order valence-corrected chi connectivity index (χ1v) is 8.97. The van der Waals surface area contributed by atoms with Gasteiger partial charge in [0.1, 0.15) is 6.61 Å². The SMILES string of the molecule is COC(=O)c1c(OCc2ccccc2)c2ccc(Cl)c(Cl)c2c2nc(N)nn12. The predicted octanol–water partition coefficient (Wildman–Crippen LogP) is 4.14. The summed E-state index contributed by atoms with van der Waals surface area (Å²) in [6, 6.07) is 12.9. The molecule has 2 aromatic carbocycles. The minimum atomic E-state index is -0.647. The molecule has 7 nitrogen and oxygen atoms in total. The summed E-state index contributed by atoms with van der Waals surface area (Å²) in [7, 11) is 1.27. The van der Waals surface area contributed by atoms with E-state index in [1.807, 2.05) is 30.3 Å². The summed E-state index contributed by atoms with van der Waals surface area (Å²) in [6.45, 7) is 0.218. The highest BCUT2D eigenvalue weighted by Crippen LogP contribution is 2.40. The molecule has 4 rings (SSSR count). The molecule has 0 aliphatic rings. The molecule has 0 aliphatic heterocycles. The number of benzene rings is 2. The highest BCUT2D eigenvalue weighted by Gasteiger charge is 2.26. The maximum absolute atomic E-state index is 12.6. The molecule has 0 saturated heterocycles. The molecular formula is C19H14Cl2N4O3. The van der Waals surface area contributed by atoms with Crippen molar-refractivity contribution in [3.63, 3.8) is 0 Å². The van der Waals surface area contributed by atoms with Gasteiger partial charge in [-0.1, -0.05) is 53.5 Å². The molecule has 0 bridgehead atoms. The van der Waals surface area contributed by atoms with Gasteiger partial charge in [-0.2, -0.15) is 9.50 Å². The number of carbonyl (C=O) groups excluding carboxylic acids is 1. The largest absolute Gasteiger partial charge is 0.486 e. The van der Waals surface area contributed by atoms with Crippen LogP contribution in [-0.2, 0) is 11.3 Å². The average Bonchev–Trinajstić information content (AvgIpc) is 3.09. The Balaban J connectivity index is 2.03. The van der Waals surface area contributed by atoms with Crippen molar-refractivity contribution in [2.75, 3.05) is 12.8 Å². The first-order valence-electron chi connectivity index (χ1n) is 8.22. The van der Waals surface area contributed by atoms with Crippen LogP contribution in [0.3, 0.4) is 0 Å². The van der Waals surface area contributed by atoms with Gasteiger partial charge in [-0.05, 0) is 17.7 Å². The second-order valence-corrected chi connectivity index (χ2v) is 6.72. The second-order valence-electron chi connectivity index (χ2n) is 5.93. The fourth-order valence-electron chi connectivity index (χ4n) is 2.98. The van der Waals surface area contributed by atoms with E-state index in [1.165, 1.54) is 11.6 Å². The van der Waals surface area contributed by atoms with Crippen LogP contribution in [-0.4, -0.2) is 27.7 Å². The van der Waals surface area contributed by atoms with E-state index < -0.39 is 5.97 Å². The molecule has 0 saturated carbocycles. The molecule has 142 valence electrons. The van der Waals surface area contributed by atoms with Gasteiger partial charge in [0.05, 0.1) is 22.5 Å². The van der Waals surface area contributed by atoms with Crippen molar-refractivity contribution < 1.29 is 14.3 Å². The van der Waals surface area contributed by atoms with Crippen molar-refractivity contribution in [1.29, 1.82) is 0 Å². The van der Waals surface area contributed by atoms with Crippen LogP contribution in [0.1, 0.15) is 16.1 Å². The second kappa shape index (κ2) is 7.18. The number of halogens is 2. The number of nitrogens with two attached hydrogens (primary N) is 1. The van der Waals surface area contributed by atoms with Crippen LogP contribution in [0.5, 0.6) is 5.75 Å². The van der Waals surface area contributed by atoms with Crippen LogP contribution in [0.2, 0.25) is 10.0 Å². The summed E-state index contributed by atoms with van der Waals surface area (Å²) < 4.78 is 12.3. The summed E-state index contributed by atoms with van der Waals surface area (Å²) in [5, 5.41) is 5.74. The van der Waals surface area contributed by atoms with E-state index in [0.717, 1.165) is 5.56 Å². The van der Waals surface area contributed by atoms with Gasteiger partial charge in [-0.15, -0.1) is 5.10 Å². The van der Waals surface area contributed by atoms with E-state index in [4.69, 9.17) is 38.4 Å². The van der Waals surface area contributed by atoms with Crippen molar-refractivity contribution >= 4 is 51.5 Å². The Hall–Kier alpha value is -3.03. The molecule has 0 aliphatic carbocycles. The van der Waals surface area contributed by atoms with Crippen molar-refractivity contribution in [3.8, 4) is 5.75 Å². The number of nitrogen functional groups attached to an aromatic ring is 1. The Bertz CT molecular complexity index is 1210. The Morgan fingerprint density at radius 1 is 1.18 bits per heavy atom. The number of fused-ring (bicyclic) bond motifs is 3. The normalized spacial score (nSPS) is 11.1. The molecule has 2 aromatic heterocycles. The Kier molecular flexibility index (Phi) is 4.70. The Labute approximate surface area is 169 Å². The van der Waals surface area contributed by atoms with Crippen molar-refractivity contribution in [2.24, 2.45) is 0 Å². The molecule has 0 radical (unpaired) electrons. The molecule has 9 heteroatoms. The fraction of sp³-hybridized carbons (Fsp3) is 0.105. The number of hydrogen-bond donors (Lipinski definition) is 1. The maximum Gasteiger partial charge on any atom is 0.360 e. The maximum atomic E-state index is 12.6. The standard InChI is InChI=1S/C19H14Cl2N4O3/c1-27-18(26)15-16(28-9-10-5-3-2-4-6-10)11-7-8-12(20)14(21)13(11)17-23-19(22)24-25(15)17/h2-8H,9H2,1H3,(H2,22,24).